The molecule has 1 aliphatic rings. The Balaban J connectivity index is 1.53. The molecule has 172 valence electrons. The topological polar surface area (TPSA) is 114 Å². The Kier molecular flexibility index (Phi) is 6.35. The lowest BCUT2D eigenvalue weighted by Crippen LogP contribution is -2.32. The molecule has 4 rings (SSSR count). The number of para-hydroxylation sites is 2. The van der Waals surface area contributed by atoms with Crippen LogP contribution in [-0.2, 0) is 21.2 Å². The van der Waals surface area contributed by atoms with E-state index in [9.17, 15) is 18.3 Å². The maximum Gasteiger partial charge on any atom is 0.262 e. The Morgan fingerprint density at radius 3 is 2.70 bits per heavy atom. The number of sulfonamides is 1. The fourth-order valence-corrected chi connectivity index (χ4v) is 4.77. The van der Waals surface area contributed by atoms with Gasteiger partial charge in [0, 0.05) is 5.02 Å². The summed E-state index contributed by atoms with van der Waals surface area (Å²) >= 11 is 6.03. The standard InChI is InChI=1S/C23H21ClN2O6S/c1-31-22-5-3-2-4-18(22)26-33(29,30)17-7-8-20(27)19(12-17)25-23(28)15-10-14-11-16(24)6-9-21(14)32-13-15/h2-9,11-12,15,26-27H,10,13H2,1H3,(H,25,28). The second-order valence-corrected chi connectivity index (χ2v) is 9.56. The van der Waals surface area contributed by atoms with Crippen molar-refractivity contribution in [1.82, 2.24) is 0 Å². The molecule has 3 aromatic rings. The molecule has 1 amide bonds. The molecule has 0 bridgehead atoms. The molecule has 3 aromatic carbocycles. The second kappa shape index (κ2) is 9.21. The van der Waals surface area contributed by atoms with E-state index in [-0.39, 0.29) is 28.6 Å². The first kappa shape index (κ1) is 22.8. The third kappa shape index (κ3) is 4.99. The van der Waals surface area contributed by atoms with Crippen LogP contribution in [-0.4, -0.2) is 33.1 Å². The highest BCUT2D eigenvalue weighted by Gasteiger charge is 2.27. The number of anilines is 2. The minimum Gasteiger partial charge on any atom is -0.506 e. The van der Waals surface area contributed by atoms with Crippen molar-refractivity contribution in [2.24, 2.45) is 5.92 Å². The smallest absolute Gasteiger partial charge is 0.262 e. The maximum atomic E-state index is 12.9. The highest BCUT2D eigenvalue weighted by molar-refractivity contribution is 7.92. The van der Waals surface area contributed by atoms with Crippen LogP contribution in [0.2, 0.25) is 5.02 Å². The Bertz CT molecular complexity index is 1310. The summed E-state index contributed by atoms with van der Waals surface area (Å²) in [4.78, 5) is 12.7. The van der Waals surface area contributed by atoms with Crippen molar-refractivity contribution in [3.63, 3.8) is 0 Å². The largest absolute Gasteiger partial charge is 0.506 e. The van der Waals surface area contributed by atoms with Gasteiger partial charge in [-0.15, -0.1) is 0 Å². The van der Waals surface area contributed by atoms with E-state index >= 15 is 0 Å². The number of aromatic hydroxyl groups is 1. The van der Waals surface area contributed by atoms with Gasteiger partial charge in [0.2, 0.25) is 5.91 Å². The zero-order valence-corrected chi connectivity index (χ0v) is 19.1. The molecule has 33 heavy (non-hydrogen) atoms. The first-order valence-corrected chi connectivity index (χ1v) is 11.8. The van der Waals surface area contributed by atoms with Crippen molar-refractivity contribution in [3.05, 3.63) is 71.2 Å². The summed E-state index contributed by atoms with van der Waals surface area (Å²) in [6.07, 6.45) is 0.399. The van der Waals surface area contributed by atoms with E-state index in [0.717, 1.165) is 5.56 Å². The minimum atomic E-state index is -4.02. The molecule has 0 fully saturated rings. The molecule has 0 radical (unpaired) electrons. The van der Waals surface area contributed by atoms with Crippen LogP contribution in [0.15, 0.2) is 65.6 Å². The van der Waals surface area contributed by atoms with Crippen LogP contribution < -0.4 is 19.5 Å². The lowest BCUT2D eigenvalue weighted by atomic mass is 9.96. The van der Waals surface area contributed by atoms with Gasteiger partial charge in [0.15, 0.2) is 0 Å². The maximum absolute atomic E-state index is 12.9. The van der Waals surface area contributed by atoms with E-state index in [1.165, 1.54) is 25.3 Å². The Labute approximate surface area is 196 Å². The van der Waals surface area contributed by atoms with Crippen LogP contribution >= 0.6 is 11.6 Å². The van der Waals surface area contributed by atoms with Crippen LogP contribution in [0.4, 0.5) is 11.4 Å². The van der Waals surface area contributed by atoms with Crippen LogP contribution in [0.5, 0.6) is 17.2 Å². The molecule has 0 aromatic heterocycles. The van der Waals surface area contributed by atoms with Crippen molar-refractivity contribution in [1.29, 1.82) is 0 Å². The van der Waals surface area contributed by atoms with E-state index in [1.54, 1.807) is 42.5 Å². The Hall–Kier alpha value is -3.43. The number of halogens is 1. The SMILES string of the molecule is COc1ccccc1NS(=O)(=O)c1ccc(O)c(NC(=O)C2COc3ccc(Cl)cc3C2)c1. The number of ether oxygens (including phenoxy) is 2. The summed E-state index contributed by atoms with van der Waals surface area (Å²) in [5.74, 6) is -0.196. The highest BCUT2D eigenvalue weighted by atomic mass is 35.5. The van der Waals surface area contributed by atoms with Crippen molar-refractivity contribution in [2.75, 3.05) is 23.8 Å². The number of methoxy groups -OCH3 is 1. The summed E-state index contributed by atoms with van der Waals surface area (Å²) in [5, 5.41) is 13.4. The molecular formula is C23H21ClN2O6S. The zero-order valence-electron chi connectivity index (χ0n) is 17.5. The molecule has 0 spiro atoms. The molecule has 1 atom stereocenters. The first-order chi connectivity index (χ1) is 15.8. The quantitative estimate of drug-likeness (QED) is 0.451. The number of amides is 1. The van der Waals surface area contributed by atoms with Gasteiger partial charge >= 0.3 is 0 Å². The Morgan fingerprint density at radius 2 is 1.91 bits per heavy atom. The van der Waals surface area contributed by atoms with Crippen molar-refractivity contribution < 1.29 is 27.8 Å². The summed E-state index contributed by atoms with van der Waals surface area (Å²) in [7, 11) is -2.59. The number of benzene rings is 3. The van der Waals surface area contributed by atoms with Crippen LogP contribution in [0.3, 0.4) is 0 Å². The summed E-state index contributed by atoms with van der Waals surface area (Å²) in [5.41, 5.74) is 1.03. The highest BCUT2D eigenvalue weighted by Crippen LogP contribution is 2.33. The monoisotopic (exact) mass is 488 g/mol. The average Bonchev–Trinajstić information content (AvgIpc) is 2.80. The Morgan fingerprint density at radius 1 is 1.12 bits per heavy atom. The van der Waals surface area contributed by atoms with Gasteiger partial charge in [-0.2, -0.15) is 0 Å². The van der Waals surface area contributed by atoms with Crippen LogP contribution in [0.25, 0.3) is 0 Å². The second-order valence-electron chi connectivity index (χ2n) is 7.44. The third-order valence-corrected chi connectivity index (χ3v) is 6.79. The van der Waals surface area contributed by atoms with E-state index in [2.05, 4.69) is 10.0 Å². The number of phenols is 1. The number of rotatable bonds is 6. The van der Waals surface area contributed by atoms with Gasteiger partial charge in [-0.3, -0.25) is 9.52 Å². The predicted octanol–water partition coefficient (Wildman–Crippen LogP) is 4.04. The van der Waals surface area contributed by atoms with Gasteiger partial charge in [0.1, 0.15) is 23.9 Å². The van der Waals surface area contributed by atoms with Crippen LogP contribution in [0, 0.1) is 5.92 Å². The van der Waals surface area contributed by atoms with Gasteiger partial charge in [-0.05, 0) is 60.5 Å². The van der Waals surface area contributed by atoms with Crippen molar-refractivity contribution in [3.8, 4) is 17.2 Å². The summed E-state index contributed by atoms with van der Waals surface area (Å²) < 4.78 is 39.1. The van der Waals surface area contributed by atoms with Gasteiger partial charge in [0.05, 0.1) is 29.3 Å². The molecule has 1 unspecified atom stereocenters. The predicted molar refractivity (Wildman–Crippen MR) is 125 cm³/mol. The zero-order chi connectivity index (χ0) is 23.6. The number of fused-ring (bicyclic) bond motifs is 1. The minimum absolute atomic E-state index is 0.0280. The van der Waals surface area contributed by atoms with Crippen molar-refractivity contribution in [2.45, 2.75) is 11.3 Å². The van der Waals surface area contributed by atoms with E-state index in [1.807, 2.05) is 0 Å². The van der Waals surface area contributed by atoms with E-state index < -0.39 is 21.8 Å². The van der Waals surface area contributed by atoms with Crippen LogP contribution in [0.1, 0.15) is 5.56 Å². The fraction of sp³-hybridized carbons (Fsp3) is 0.174. The molecule has 8 nitrogen and oxygen atoms in total. The molecule has 0 saturated carbocycles. The molecular weight excluding hydrogens is 468 g/mol. The molecule has 0 saturated heterocycles. The number of carbonyl (C=O) groups excluding carboxylic acids is 1. The molecule has 3 N–H and O–H groups in total. The van der Waals surface area contributed by atoms with Gasteiger partial charge in [-0.25, -0.2) is 8.42 Å². The number of carbonyl (C=O) groups is 1. The fourth-order valence-electron chi connectivity index (χ4n) is 3.48. The third-order valence-electron chi connectivity index (χ3n) is 5.19. The molecule has 10 heteroatoms. The summed E-state index contributed by atoms with van der Waals surface area (Å²) in [6.45, 7) is 0.147. The average molecular weight is 489 g/mol. The molecule has 0 aliphatic carbocycles. The van der Waals surface area contributed by atoms with Gasteiger partial charge < -0.3 is 19.9 Å². The lowest BCUT2D eigenvalue weighted by Gasteiger charge is -2.25. The van der Waals surface area contributed by atoms with E-state index in [0.29, 0.717) is 22.9 Å². The lowest BCUT2D eigenvalue weighted by molar-refractivity contribution is -0.121. The number of hydrogen-bond acceptors (Lipinski definition) is 6. The summed E-state index contributed by atoms with van der Waals surface area (Å²) in [6, 6.07) is 15.4. The van der Waals surface area contributed by atoms with E-state index in [4.69, 9.17) is 21.1 Å². The normalized spacial score (nSPS) is 15.2. The molecule has 1 heterocycles. The first-order valence-electron chi connectivity index (χ1n) is 9.98. The number of nitrogens with one attached hydrogen (secondary N) is 2. The van der Waals surface area contributed by atoms with Gasteiger partial charge in [0.25, 0.3) is 10.0 Å². The number of phenolic OH excluding ortho intramolecular Hbond substituents is 1. The molecule has 1 aliphatic heterocycles. The van der Waals surface area contributed by atoms with Crippen molar-refractivity contribution >= 4 is 38.9 Å². The van der Waals surface area contributed by atoms with Gasteiger partial charge in [-0.1, -0.05) is 23.7 Å². The number of hydrogen-bond donors (Lipinski definition) is 3.